The minimum absolute atomic E-state index is 0.0200. The molecule has 2 bridgehead atoms. The van der Waals surface area contributed by atoms with Crippen molar-refractivity contribution in [2.24, 2.45) is 29.6 Å². The second-order valence-electron chi connectivity index (χ2n) is 13.5. The first-order valence-corrected chi connectivity index (χ1v) is 16.3. The number of aliphatic hydroxyl groups excluding tert-OH is 1. The number of aryl methyl sites for hydroxylation is 1. The molecule has 5 aliphatic rings. The summed E-state index contributed by atoms with van der Waals surface area (Å²) in [6.45, 7) is 1.52. The molecule has 3 fully saturated rings. The zero-order valence-electron chi connectivity index (χ0n) is 26.3. The van der Waals surface area contributed by atoms with Gasteiger partial charge < -0.3 is 29.6 Å². The molecule has 2 saturated carbocycles. The Bertz CT molecular complexity index is 2160. The number of imidazole rings is 1. The Morgan fingerprint density at radius 2 is 1.98 bits per heavy atom. The maximum absolute atomic E-state index is 13.7. The lowest BCUT2D eigenvalue weighted by Crippen LogP contribution is -2.41. The zero-order valence-corrected chi connectivity index (χ0v) is 26.3. The third-order valence-electron chi connectivity index (χ3n) is 10.6. The number of amides is 2. The highest BCUT2D eigenvalue weighted by atomic mass is 16.5. The molecule has 1 aromatic carbocycles. The summed E-state index contributed by atoms with van der Waals surface area (Å²) in [6.07, 6.45) is 11.2. The van der Waals surface area contributed by atoms with Crippen LogP contribution in [-0.4, -0.2) is 72.4 Å². The van der Waals surface area contributed by atoms with Crippen LogP contribution in [0.4, 0.5) is 0 Å². The quantitative estimate of drug-likeness (QED) is 0.318. The van der Waals surface area contributed by atoms with Crippen molar-refractivity contribution in [2.45, 2.75) is 50.2 Å². The lowest BCUT2D eigenvalue weighted by Gasteiger charge is -2.27. The number of allylic oxidation sites excluding steroid dienone is 4. The third kappa shape index (κ3) is 4.40. The van der Waals surface area contributed by atoms with Gasteiger partial charge in [0, 0.05) is 60.7 Å². The van der Waals surface area contributed by atoms with E-state index in [1.165, 1.54) is 12.8 Å². The number of carbonyl (C=O) groups is 2. The highest BCUT2D eigenvalue weighted by molar-refractivity contribution is 6.20. The largest absolute Gasteiger partial charge is 0.507 e. The Morgan fingerprint density at radius 1 is 1.13 bits per heavy atom. The first-order chi connectivity index (χ1) is 22.8. The fourth-order valence-corrected chi connectivity index (χ4v) is 7.97. The monoisotopic (exact) mass is 629 g/mol. The van der Waals surface area contributed by atoms with Crippen molar-refractivity contribution in [3.63, 3.8) is 0 Å². The number of benzene rings is 1. The van der Waals surface area contributed by atoms with Gasteiger partial charge >= 0.3 is 0 Å². The number of likely N-dealkylation sites (tertiary alicyclic amines) is 1. The molecule has 0 radical (unpaired) electrons. The molecule has 238 valence electrons. The van der Waals surface area contributed by atoms with E-state index in [1.807, 2.05) is 46.9 Å². The Balaban J connectivity index is 1.13. The predicted octanol–water partition coefficient (Wildman–Crippen LogP) is 4.57. The van der Waals surface area contributed by atoms with E-state index in [2.05, 4.69) is 21.7 Å². The number of aliphatic hydroxyl groups is 1. The molecule has 2 amide bonds. The van der Waals surface area contributed by atoms with Crippen LogP contribution >= 0.6 is 0 Å². The van der Waals surface area contributed by atoms with Gasteiger partial charge in [-0.2, -0.15) is 0 Å². The molecule has 2 aliphatic heterocycles. The van der Waals surface area contributed by atoms with Gasteiger partial charge in [0.15, 0.2) is 5.82 Å². The number of hydrogen-bond donors (Lipinski definition) is 2. The number of aromatic nitrogens is 4. The number of ether oxygens (including phenoxy) is 1. The minimum atomic E-state index is -0.465. The molecule has 3 aromatic heterocycles. The molecule has 0 spiro atoms. The van der Waals surface area contributed by atoms with E-state index in [4.69, 9.17) is 20.4 Å². The van der Waals surface area contributed by atoms with Gasteiger partial charge in [0.1, 0.15) is 22.7 Å². The van der Waals surface area contributed by atoms with Crippen LogP contribution in [0.1, 0.15) is 47.7 Å². The summed E-state index contributed by atoms with van der Waals surface area (Å²) in [7, 11) is 3.61. The van der Waals surface area contributed by atoms with Crippen molar-refractivity contribution in [3.8, 4) is 17.3 Å². The summed E-state index contributed by atoms with van der Waals surface area (Å²) in [5.74, 6) is 1.57. The number of pyridine rings is 1. The Morgan fingerprint density at radius 3 is 2.72 bits per heavy atom. The average molecular weight is 630 g/mol. The van der Waals surface area contributed by atoms with Crippen molar-refractivity contribution in [2.75, 3.05) is 13.7 Å². The average Bonchev–Trinajstić information content (AvgIpc) is 3.47. The minimum Gasteiger partial charge on any atom is -0.507 e. The fourth-order valence-electron chi connectivity index (χ4n) is 7.97. The molecule has 47 heavy (non-hydrogen) atoms. The first-order valence-electron chi connectivity index (χ1n) is 16.3. The highest BCUT2D eigenvalue weighted by Crippen LogP contribution is 2.40. The maximum Gasteiger partial charge on any atom is 0.274 e. The Hall–Kier alpha value is -5.03. The van der Waals surface area contributed by atoms with Gasteiger partial charge in [0.2, 0.25) is 0 Å². The van der Waals surface area contributed by atoms with Crippen molar-refractivity contribution >= 4 is 39.6 Å². The Labute approximate surface area is 270 Å². The van der Waals surface area contributed by atoms with E-state index in [0.29, 0.717) is 46.5 Å². The van der Waals surface area contributed by atoms with Gasteiger partial charge in [0.05, 0.1) is 29.7 Å². The highest BCUT2D eigenvalue weighted by Gasteiger charge is 2.47. The van der Waals surface area contributed by atoms with Gasteiger partial charge in [0.25, 0.3) is 11.8 Å². The van der Waals surface area contributed by atoms with Crippen LogP contribution in [0.5, 0.6) is 5.75 Å². The molecule has 3 N–H and O–H groups in total. The van der Waals surface area contributed by atoms with E-state index in [9.17, 15) is 14.7 Å². The van der Waals surface area contributed by atoms with E-state index < -0.39 is 5.91 Å². The summed E-state index contributed by atoms with van der Waals surface area (Å²) in [5.41, 5.74) is 12.2. The number of rotatable bonds is 6. The molecular weight excluding hydrogens is 594 g/mol. The van der Waals surface area contributed by atoms with Crippen LogP contribution in [-0.2, 0) is 18.4 Å². The van der Waals surface area contributed by atoms with Crippen molar-refractivity contribution in [1.29, 1.82) is 0 Å². The van der Waals surface area contributed by atoms with E-state index >= 15 is 0 Å². The van der Waals surface area contributed by atoms with Crippen LogP contribution in [0.25, 0.3) is 33.6 Å². The summed E-state index contributed by atoms with van der Waals surface area (Å²) in [6, 6.07) is 10.1. The zero-order chi connectivity index (χ0) is 32.1. The lowest BCUT2D eigenvalue weighted by molar-refractivity contribution is -0.113. The van der Waals surface area contributed by atoms with Crippen molar-refractivity contribution in [3.05, 3.63) is 77.2 Å². The summed E-state index contributed by atoms with van der Waals surface area (Å²) >= 11 is 0. The van der Waals surface area contributed by atoms with Crippen LogP contribution in [0.15, 0.2) is 71.0 Å². The van der Waals surface area contributed by atoms with Gasteiger partial charge in [-0.15, -0.1) is 0 Å². The topological polar surface area (TPSA) is 141 Å². The molecule has 11 nitrogen and oxygen atoms in total. The molecule has 3 unspecified atom stereocenters. The second-order valence-corrected chi connectivity index (χ2v) is 13.5. The van der Waals surface area contributed by atoms with Gasteiger partial charge in [-0.1, -0.05) is 12.2 Å². The molecule has 11 heteroatoms. The smallest absolute Gasteiger partial charge is 0.274 e. The normalized spacial score (nSPS) is 25.0. The number of nitrogens with zero attached hydrogens (tertiary/aromatic N) is 6. The maximum atomic E-state index is 13.7. The predicted molar refractivity (Wildman–Crippen MR) is 177 cm³/mol. The SMILES string of the molecule is COc1cc(C(=O)N2CC3CCC2[C@@H]3N)cc2nc(-c3cc4ccc(C5C=CC6=NC(=O)C=C(O)C6=C5)nc4n3CC3CC3)n(C)c12. The van der Waals surface area contributed by atoms with Crippen molar-refractivity contribution in [1.82, 2.24) is 24.0 Å². The summed E-state index contributed by atoms with van der Waals surface area (Å²) in [4.78, 5) is 41.8. The molecular formula is C36H35N7O4. The van der Waals surface area contributed by atoms with Crippen molar-refractivity contribution < 1.29 is 19.4 Å². The van der Waals surface area contributed by atoms with Crippen LogP contribution < -0.4 is 10.5 Å². The molecule has 3 aliphatic carbocycles. The van der Waals surface area contributed by atoms with Gasteiger partial charge in [-0.05, 0) is 73.9 Å². The molecule has 4 aromatic rings. The van der Waals surface area contributed by atoms with Gasteiger partial charge in [-0.3, -0.25) is 9.59 Å². The van der Waals surface area contributed by atoms with E-state index in [0.717, 1.165) is 59.2 Å². The molecule has 1 saturated heterocycles. The van der Waals surface area contributed by atoms with Crippen LogP contribution in [0.2, 0.25) is 0 Å². The number of carbonyl (C=O) groups excluding carboxylic acids is 2. The Kier molecular flexibility index (Phi) is 6.14. The second kappa shape index (κ2) is 10.2. The third-order valence-corrected chi connectivity index (χ3v) is 10.6. The van der Waals surface area contributed by atoms with E-state index in [-0.39, 0.29) is 29.7 Å². The molecule has 4 atom stereocenters. The summed E-state index contributed by atoms with van der Waals surface area (Å²) in [5, 5.41) is 11.4. The summed E-state index contributed by atoms with van der Waals surface area (Å²) < 4.78 is 10.2. The molecule has 5 heterocycles. The first kappa shape index (κ1) is 28.2. The number of fused-ring (bicyclic) bond motifs is 5. The number of methoxy groups -OCH3 is 1. The number of dihydropyridines is 1. The number of aliphatic imine (C=N–C) groups is 1. The standard InChI is InChI=1S/C36H35N7O4/c1-41-33-26(12-22(14-30(33)47-2)36(46)43-17-21-7-10-27(43)32(21)37)40-35(41)28-13-20-6-8-24(39-34(20)42(28)16-18-3-4-18)19-5-9-25-23(11-19)29(44)15-31(45)38-25/h5-6,8-9,11-15,18-19,21,27,32,44H,3-4,7,10,16-17,37H2,1-2H3/t19?,21?,27?,32-/m1/s1. The van der Waals surface area contributed by atoms with Crippen LogP contribution in [0.3, 0.4) is 0 Å². The number of nitrogens with two attached hydrogens (primary N) is 1. The van der Waals surface area contributed by atoms with Crippen LogP contribution in [0, 0.1) is 11.8 Å². The number of piperidine rings is 1. The lowest BCUT2D eigenvalue weighted by atomic mass is 9.90. The fraction of sp³-hybridized carbons (Fsp3) is 0.361. The number of hydrogen-bond acceptors (Lipinski definition) is 7. The molecule has 9 rings (SSSR count). The van der Waals surface area contributed by atoms with Gasteiger partial charge in [-0.25, -0.2) is 15.0 Å². The van der Waals surface area contributed by atoms with E-state index in [1.54, 1.807) is 13.2 Å².